The molecule has 0 radical (unpaired) electrons. The molecule has 7 aromatic carbocycles. The van der Waals surface area contributed by atoms with Gasteiger partial charge in [-0.1, -0.05) is 103 Å². The van der Waals surface area contributed by atoms with E-state index < -0.39 is 12.2 Å². The Bertz CT molecular complexity index is 2220. The standard InChI is InChI=1S/C22H20N2O3.C13H14N2.C13H10O3/c1-16(25)23-19-11-7-17(8-12-19)15-18-9-13-20(14-10-18)24-22(26)27-21-5-3-2-4-6-21;14-12-5-1-10(2-6-12)9-11-3-7-13(15)8-4-11;14-13(15-11-7-3-1-4-8-11)16-12-9-5-2-6-10-12/h2-14H,15H2,1H3,(H,23,25)(H,24,26);1-8H,9,14-15H2;1-10H. The summed E-state index contributed by atoms with van der Waals surface area (Å²) in [5.74, 6) is 1.33. The van der Waals surface area contributed by atoms with Gasteiger partial charge in [0, 0.05) is 29.7 Å². The summed E-state index contributed by atoms with van der Waals surface area (Å²) in [4.78, 5) is 34.3. The van der Waals surface area contributed by atoms with E-state index in [1.807, 2.05) is 115 Å². The fourth-order valence-electron chi connectivity index (χ4n) is 5.29. The predicted molar refractivity (Wildman–Crippen MR) is 230 cm³/mol. The molecular formula is C48H44N4O6. The molecule has 58 heavy (non-hydrogen) atoms. The molecule has 0 unspecified atom stereocenters. The lowest BCUT2D eigenvalue weighted by Crippen LogP contribution is -2.16. The maximum Gasteiger partial charge on any atom is 0.519 e. The van der Waals surface area contributed by atoms with Crippen LogP contribution in [0.1, 0.15) is 29.2 Å². The molecule has 0 saturated carbocycles. The maximum absolute atomic E-state index is 11.9. The normalized spacial score (nSPS) is 9.95. The number of para-hydroxylation sites is 3. The van der Waals surface area contributed by atoms with Gasteiger partial charge in [-0.05, 0) is 120 Å². The Morgan fingerprint density at radius 3 is 1.07 bits per heavy atom. The van der Waals surface area contributed by atoms with Crippen LogP contribution in [0.15, 0.2) is 188 Å². The highest BCUT2D eigenvalue weighted by Crippen LogP contribution is 2.18. The predicted octanol–water partition coefficient (Wildman–Crippen LogP) is 10.6. The van der Waals surface area contributed by atoms with Crippen molar-refractivity contribution in [1.29, 1.82) is 0 Å². The number of anilines is 4. The first kappa shape index (κ1) is 41.3. The van der Waals surface area contributed by atoms with E-state index in [1.54, 1.807) is 72.8 Å². The number of rotatable bonds is 9. The zero-order valence-corrected chi connectivity index (χ0v) is 31.9. The van der Waals surface area contributed by atoms with Crippen molar-refractivity contribution >= 4 is 40.9 Å². The van der Waals surface area contributed by atoms with Crippen LogP contribution in [0, 0.1) is 0 Å². The zero-order chi connectivity index (χ0) is 41.0. The summed E-state index contributed by atoms with van der Waals surface area (Å²) < 4.78 is 15.1. The topological polar surface area (TPSA) is 155 Å². The first-order chi connectivity index (χ1) is 28.2. The monoisotopic (exact) mass is 772 g/mol. The number of nitrogen functional groups attached to an aromatic ring is 2. The molecule has 7 aromatic rings. The number of amides is 2. The number of benzene rings is 7. The number of hydrogen-bond acceptors (Lipinski definition) is 8. The Morgan fingerprint density at radius 1 is 0.414 bits per heavy atom. The summed E-state index contributed by atoms with van der Waals surface area (Å²) in [5, 5.41) is 5.45. The van der Waals surface area contributed by atoms with Gasteiger partial charge in [0.15, 0.2) is 0 Å². The van der Waals surface area contributed by atoms with Gasteiger partial charge in [0.2, 0.25) is 5.91 Å². The summed E-state index contributed by atoms with van der Waals surface area (Å²) in [6.45, 7) is 1.49. The molecule has 0 atom stereocenters. The van der Waals surface area contributed by atoms with Crippen LogP contribution < -0.4 is 36.3 Å². The third-order valence-corrected chi connectivity index (χ3v) is 8.09. The molecule has 0 aliphatic rings. The van der Waals surface area contributed by atoms with Crippen molar-refractivity contribution in [3.63, 3.8) is 0 Å². The molecule has 0 aliphatic heterocycles. The van der Waals surface area contributed by atoms with E-state index in [0.29, 0.717) is 22.9 Å². The molecule has 0 saturated heterocycles. The third kappa shape index (κ3) is 15.1. The zero-order valence-electron chi connectivity index (χ0n) is 31.9. The van der Waals surface area contributed by atoms with Crippen molar-refractivity contribution < 1.29 is 28.6 Å². The first-order valence-corrected chi connectivity index (χ1v) is 18.3. The van der Waals surface area contributed by atoms with Gasteiger partial charge >= 0.3 is 12.2 Å². The van der Waals surface area contributed by atoms with E-state index in [0.717, 1.165) is 41.0 Å². The quantitative estimate of drug-likeness (QED) is 0.0642. The minimum Gasteiger partial charge on any atom is -0.410 e. The smallest absolute Gasteiger partial charge is 0.410 e. The lowest BCUT2D eigenvalue weighted by Gasteiger charge is -2.08. The Balaban J connectivity index is 0.000000177. The molecular weight excluding hydrogens is 729 g/mol. The molecule has 0 aliphatic carbocycles. The number of nitrogens with two attached hydrogens (primary N) is 2. The average Bonchev–Trinajstić information content (AvgIpc) is 3.22. The number of carbonyl (C=O) groups excluding carboxylic acids is 3. The highest BCUT2D eigenvalue weighted by molar-refractivity contribution is 5.88. The van der Waals surface area contributed by atoms with Crippen LogP contribution in [0.3, 0.4) is 0 Å². The van der Waals surface area contributed by atoms with E-state index in [4.69, 9.17) is 25.7 Å². The van der Waals surface area contributed by atoms with E-state index in [-0.39, 0.29) is 5.91 Å². The molecule has 0 aromatic heterocycles. The third-order valence-electron chi connectivity index (χ3n) is 8.09. The average molecular weight is 773 g/mol. The van der Waals surface area contributed by atoms with Crippen LogP contribution in [0.5, 0.6) is 17.2 Å². The van der Waals surface area contributed by atoms with Gasteiger partial charge in [-0.25, -0.2) is 9.59 Å². The molecule has 10 nitrogen and oxygen atoms in total. The Hall–Kier alpha value is -7.85. The van der Waals surface area contributed by atoms with Crippen molar-refractivity contribution in [1.82, 2.24) is 0 Å². The summed E-state index contributed by atoms with van der Waals surface area (Å²) in [6, 6.07) is 57.7. The largest absolute Gasteiger partial charge is 0.519 e. The number of hydrogen-bond donors (Lipinski definition) is 4. The SMILES string of the molecule is CC(=O)Nc1ccc(Cc2ccc(NC(=O)Oc3ccccc3)cc2)cc1.Nc1ccc(Cc2ccc(N)cc2)cc1.O=C(Oc1ccccc1)Oc1ccccc1. The molecule has 2 amide bonds. The molecule has 292 valence electrons. The second-order valence-corrected chi connectivity index (χ2v) is 12.8. The van der Waals surface area contributed by atoms with Gasteiger partial charge < -0.3 is 31.0 Å². The molecule has 0 heterocycles. The Kier molecular flexibility index (Phi) is 15.6. The molecule has 10 heteroatoms. The van der Waals surface area contributed by atoms with E-state index in [2.05, 4.69) is 10.6 Å². The fraction of sp³-hybridized carbons (Fsp3) is 0.0625. The Labute approximate surface area is 338 Å². The number of ether oxygens (including phenoxy) is 3. The van der Waals surface area contributed by atoms with Crippen molar-refractivity contribution in [2.75, 3.05) is 22.1 Å². The van der Waals surface area contributed by atoms with Crippen molar-refractivity contribution in [2.24, 2.45) is 0 Å². The molecule has 7 rings (SSSR count). The number of carbonyl (C=O) groups is 3. The van der Waals surface area contributed by atoms with Gasteiger partial charge in [-0.3, -0.25) is 10.1 Å². The summed E-state index contributed by atoms with van der Waals surface area (Å²) in [5.41, 5.74) is 19.1. The molecule has 0 bridgehead atoms. The number of nitrogens with one attached hydrogen (secondary N) is 2. The second kappa shape index (κ2) is 21.9. The Morgan fingerprint density at radius 2 is 0.724 bits per heavy atom. The van der Waals surface area contributed by atoms with Crippen LogP contribution in [0.4, 0.5) is 32.3 Å². The maximum atomic E-state index is 11.9. The fourth-order valence-corrected chi connectivity index (χ4v) is 5.29. The van der Waals surface area contributed by atoms with Crippen LogP contribution in [-0.4, -0.2) is 18.2 Å². The van der Waals surface area contributed by atoms with E-state index in [9.17, 15) is 14.4 Å². The second-order valence-electron chi connectivity index (χ2n) is 12.8. The minimum absolute atomic E-state index is 0.0865. The summed E-state index contributed by atoms with van der Waals surface area (Å²) in [7, 11) is 0. The lowest BCUT2D eigenvalue weighted by atomic mass is 10.0. The highest BCUT2D eigenvalue weighted by atomic mass is 16.7. The van der Waals surface area contributed by atoms with Crippen LogP contribution in [0.2, 0.25) is 0 Å². The minimum atomic E-state index is -0.739. The summed E-state index contributed by atoms with van der Waals surface area (Å²) in [6.07, 6.45) is 0.412. The van der Waals surface area contributed by atoms with Gasteiger partial charge in [-0.15, -0.1) is 0 Å². The highest BCUT2D eigenvalue weighted by Gasteiger charge is 2.07. The molecule has 0 spiro atoms. The summed E-state index contributed by atoms with van der Waals surface area (Å²) >= 11 is 0. The molecule has 0 fully saturated rings. The van der Waals surface area contributed by atoms with Crippen LogP contribution in [-0.2, 0) is 17.6 Å². The van der Waals surface area contributed by atoms with Gasteiger partial charge in [0.05, 0.1) is 0 Å². The first-order valence-electron chi connectivity index (χ1n) is 18.3. The van der Waals surface area contributed by atoms with Gasteiger partial charge in [0.25, 0.3) is 0 Å². The van der Waals surface area contributed by atoms with Crippen molar-refractivity contribution in [3.8, 4) is 17.2 Å². The van der Waals surface area contributed by atoms with Gasteiger partial charge in [-0.2, -0.15) is 0 Å². The van der Waals surface area contributed by atoms with E-state index in [1.165, 1.54) is 18.1 Å². The lowest BCUT2D eigenvalue weighted by molar-refractivity contribution is -0.114. The van der Waals surface area contributed by atoms with E-state index >= 15 is 0 Å². The van der Waals surface area contributed by atoms with Crippen LogP contribution >= 0.6 is 0 Å². The van der Waals surface area contributed by atoms with Gasteiger partial charge in [0.1, 0.15) is 17.2 Å². The van der Waals surface area contributed by atoms with Crippen LogP contribution in [0.25, 0.3) is 0 Å². The molecule has 6 N–H and O–H groups in total. The van der Waals surface area contributed by atoms with Crippen molar-refractivity contribution in [3.05, 3.63) is 210 Å². The van der Waals surface area contributed by atoms with Crippen molar-refractivity contribution in [2.45, 2.75) is 19.8 Å².